The van der Waals surface area contributed by atoms with Gasteiger partial charge in [-0.2, -0.15) is 0 Å². The lowest BCUT2D eigenvalue weighted by molar-refractivity contribution is 1.34. The number of rotatable bonds is 0. The highest BCUT2D eigenvalue weighted by Crippen LogP contribution is 2.21. The van der Waals surface area contributed by atoms with E-state index in [1.54, 1.807) is 0 Å². The zero-order valence-corrected chi connectivity index (χ0v) is 12.8. The Hall–Kier alpha value is -2.08. The normalized spacial score (nSPS) is 10.0. The molecule has 3 aromatic carbocycles. The van der Waals surface area contributed by atoms with Gasteiger partial charge in [-0.05, 0) is 60.7 Å². The second kappa shape index (κ2) is 6.38. The SMILES string of the molecule is Cc1cccc2cccc(C)c12.Cc1ccccc1C. The Morgan fingerprint density at radius 1 is 0.450 bits per heavy atom. The zero-order valence-electron chi connectivity index (χ0n) is 12.8. The van der Waals surface area contributed by atoms with Crippen LogP contribution in [0.15, 0.2) is 60.7 Å². The third-order valence-corrected chi connectivity index (χ3v) is 3.75. The average molecular weight is 262 g/mol. The molecule has 0 heteroatoms. The maximum absolute atomic E-state index is 2.16. The maximum atomic E-state index is 2.16. The number of hydrogen-bond donors (Lipinski definition) is 0. The first kappa shape index (κ1) is 14.3. The fraction of sp³-hybridized carbons (Fsp3) is 0.200. The highest BCUT2D eigenvalue weighted by Gasteiger charge is 1.97. The van der Waals surface area contributed by atoms with E-state index in [1.165, 1.54) is 33.0 Å². The van der Waals surface area contributed by atoms with E-state index >= 15 is 0 Å². The number of fused-ring (bicyclic) bond motifs is 1. The second-order valence-electron chi connectivity index (χ2n) is 5.33. The van der Waals surface area contributed by atoms with Gasteiger partial charge in [-0.15, -0.1) is 0 Å². The standard InChI is InChI=1S/C12H12.C8H10/c1-9-5-3-7-11-8-4-6-10(2)12(9)11;1-7-5-3-4-6-8(7)2/h3-8H,1-2H3;3-6H,1-2H3. The molecule has 0 saturated heterocycles. The van der Waals surface area contributed by atoms with Crippen molar-refractivity contribution >= 4 is 10.8 Å². The summed E-state index contributed by atoms with van der Waals surface area (Å²) in [5, 5.41) is 2.75. The number of aryl methyl sites for hydroxylation is 4. The lowest BCUT2D eigenvalue weighted by atomic mass is 10.0. The Morgan fingerprint density at radius 2 is 0.850 bits per heavy atom. The summed E-state index contributed by atoms with van der Waals surface area (Å²) in [4.78, 5) is 0. The fourth-order valence-corrected chi connectivity index (χ4v) is 2.41. The molecule has 0 aromatic heterocycles. The molecular formula is C20H22. The summed E-state index contributed by atoms with van der Waals surface area (Å²) < 4.78 is 0. The summed E-state index contributed by atoms with van der Waals surface area (Å²) in [6, 6.07) is 21.2. The molecule has 0 spiro atoms. The Bertz CT molecular complexity index is 650. The van der Waals surface area contributed by atoms with Crippen LogP contribution in [0.2, 0.25) is 0 Å². The van der Waals surface area contributed by atoms with Crippen LogP contribution in [0.5, 0.6) is 0 Å². The Balaban J connectivity index is 0.000000160. The van der Waals surface area contributed by atoms with E-state index in [2.05, 4.69) is 88.4 Å². The summed E-state index contributed by atoms with van der Waals surface area (Å²) in [6.07, 6.45) is 0. The average Bonchev–Trinajstić information content (AvgIpc) is 2.43. The zero-order chi connectivity index (χ0) is 14.5. The van der Waals surface area contributed by atoms with E-state index in [9.17, 15) is 0 Å². The van der Waals surface area contributed by atoms with Gasteiger partial charge in [-0.3, -0.25) is 0 Å². The molecule has 3 aromatic rings. The maximum Gasteiger partial charge on any atom is -0.0125 e. The van der Waals surface area contributed by atoms with Crippen molar-refractivity contribution in [1.82, 2.24) is 0 Å². The van der Waals surface area contributed by atoms with Crippen molar-refractivity contribution in [3.05, 3.63) is 82.9 Å². The molecule has 3 rings (SSSR count). The van der Waals surface area contributed by atoms with Crippen LogP contribution in [-0.2, 0) is 0 Å². The van der Waals surface area contributed by atoms with Gasteiger partial charge in [0.1, 0.15) is 0 Å². The van der Waals surface area contributed by atoms with Gasteiger partial charge in [0.25, 0.3) is 0 Å². The highest BCUT2D eigenvalue weighted by molar-refractivity contribution is 5.88. The Kier molecular flexibility index (Phi) is 4.57. The molecule has 0 aliphatic rings. The van der Waals surface area contributed by atoms with E-state index < -0.39 is 0 Å². The van der Waals surface area contributed by atoms with Gasteiger partial charge in [0.2, 0.25) is 0 Å². The Labute approximate surface area is 122 Å². The minimum absolute atomic E-state index is 1.34. The third-order valence-electron chi connectivity index (χ3n) is 3.75. The van der Waals surface area contributed by atoms with Gasteiger partial charge in [-0.1, -0.05) is 60.7 Å². The van der Waals surface area contributed by atoms with Crippen molar-refractivity contribution in [2.24, 2.45) is 0 Å². The van der Waals surface area contributed by atoms with E-state index in [0.717, 1.165) is 0 Å². The molecule has 0 bridgehead atoms. The van der Waals surface area contributed by atoms with Crippen molar-refractivity contribution in [3.8, 4) is 0 Å². The lowest BCUT2D eigenvalue weighted by Crippen LogP contribution is -1.81. The summed E-state index contributed by atoms with van der Waals surface area (Å²) in [5.41, 5.74) is 5.47. The molecule has 0 saturated carbocycles. The molecule has 0 amide bonds. The van der Waals surface area contributed by atoms with Crippen molar-refractivity contribution < 1.29 is 0 Å². The first-order chi connectivity index (χ1) is 9.59. The fourth-order valence-electron chi connectivity index (χ4n) is 2.41. The first-order valence-corrected chi connectivity index (χ1v) is 7.07. The highest BCUT2D eigenvalue weighted by atomic mass is 14.0. The molecule has 0 atom stereocenters. The minimum atomic E-state index is 1.34. The molecule has 0 aliphatic heterocycles. The van der Waals surface area contributed by atoms with Crippen molar-refractivity contribution in [1.29, 1.82) is 0 Å². The lowest BCUT2D eigenvalue weighted by Gasteiger charge is -2.04. The van der Waals surface area contributed by atoms with Crippen LogP contribution in [0.4, 0.5) is 0 Å². The predicted octanol–water partition coefficient (Wildman–Crippen LogP) is 5.76. The van der Waals surface area contributed by atoms with Crippen LogP contribution in [0.1, 0.15) is 22.3 Å². The van der Waals surface area contributed by atoms with E-state index in [4.69, 9.17) is 0 Å². The quantitative estimate of drug-likeness (QED) is 0.483. The minimum Gasteiger partial charge on any atom is -0.0620 e. The van der Waals surface area contributed by atoms with E-state index in [-0.39, 0.29) is 0 Å². The smallest absolute Gasteiger partial charge is 0.0125 e. The molecule has 0 nitrogen and oxygen atoms in total. The van der Waals surface area contributed by atoms with Crippen LogP contribution < -0.4 is 0 Å². The summed E-state index contributed by atoms with van der Waals surface area (Å²) >= 11 is 0. The molecule has 0 fully saturated rings. The van der Waals surface area contributed by atoms with Crippen molar-refractivity contribution in [3.63, 3.8) is 0 Å². The molecule has 20 heavy (non-hydrogen) atoms. The van der Waals surface area contributed by atoms with Crippen molar-refractivity contribution in [2.75, 3.05) is 0 Å². The second-order valence-corrected chi connectivity index (χ2v) is 5.33. The molecular weight excluding hydrogens is 240 g/mol. The van der Waals surface area contributed by atoms with Crippen LogP contribution in [0, 0.1) is 27.7 Å². The topological polar surface area (TPSA) is 0 Å². The Morgan fingerprint density at radius 3 is 1.20 bits per heavy atom. The van der Waals surface area contributed by atoms with Gasteiger partial charge in [0.15, 0.2) is 0 Å². The van der Waals surface area contributed by atoms with E-state index in [1.807, 2.05) is 0 Å². The molecule has 102 valence electrons. The first-order valence-electron chi connectivity index (χ1n) is 7.07. The molecule has 0 unspecified atom stereocenters. The van der Waals surface area contributed by atoms with Gasteiger partial charge in [0, 0.05) is 0 Å². The largest absolute Gasteiger partial charge is 0.0620 e. The molecule has 0 radical (unpaired) electrons. The van der Waals surface area contributed by atoms with Gasteiger partial charge in [0.05, 0.1) is 0 Å². The van der Waals surface area contributed by atoms with Gasteiger partial charge >= 0.3 is 0 Å². The number of hydrogen-bond acceptors (Lipinski definition) is 0. The van der Waals surface area contributed by atoms with Crippen LogP contribution in [0.25, 0.3) is 10.8 Å². The van der Waals surface area contributed by atoms with Crippen LogP contribution >= 0.6 is 0 Å². The third kappa shape index (κ3) is 3.27. The van der Waals surface area contributed by atoms with Crippen LogP contribution in [-0.4, -0.2) is 0 Å². The van der Waals surface area contributed by atoms with Gasteiger partial charge < -0.3 is 0 Å². The predicted molar refractivity (Wildman–Crippen MR) is 89.3 cm³/mol. The summed E-state index contributed by atoms with van der Waals surface area (Å²) in [7, 11) is 0. The number of benzene rings is 3. The van der Waals surface area contributed by atoms with Crippen LogP contribution in [0.3, 0.4) is 0 Å². The molecule has 0 heterocycles. The van der Waals surface area contributed by atoms with Crippen molar-refractivity contribution in [2.45, 2.75) is 27.7 Å². The van der Waals surface area contributed by atoms with E-state index in [0.29, 0.717) is 0 Å². The molecule has 0 aliphatic carbocycles. The summed E-state index contributed by atoms with van der Waals surface area (Å²) in [5.74, 6) is 0. The molecule has 0 N–H and O–H groups in total. The van der Waals surface area contributed by atoms with Gasteiger partial charge in [-0.25, -0.2) is 0 Å². The summed E-state index contributed by atoms with van der Waals surface area (Å²) in [6.45, 7) is 8.56. The monoisotopic (exact) mass is 262 g/mol.